The molecule has 6 nitrogen and oxygen atoms in total. The van der Waals surface area contributed by atoms with Crippen LogP contribution in [0.3, 0.4) is 0 Å². The molecule has 0 aliphatic rings. The number of halogens is 1. The Morgan fingerprint density at radius 1 is 1.04 bits per heavy atom. The first-order valence-corrected chi connectivity index (χ1v) is 8.20. The van der Waals surface area contributed by atoms with E-state index in [0.717, 1.165) is 4.57 Å². The number of benzene rings is 2. The number of nitrogens with zero attached hydrogens (tertiary/aromatic N) is 2. The SMILES string of the molecule is O=c1[nH]c2ccccc2c(=O)n1-c1cccc(OCc2ncccc2F)c1. The van der Waals surface area contributed by atoms with E-state index in [1.54, 1.807) is 48.5 Å². The van der Waals surface area contributed by atoms with Gasteiger partial charge >= 0.3 is 5.69 Å². The Labute approximate surface area is 152 Å². The molecule has 1 N–H and O–H groups in total. The van der Waals surface area contributed by atoms with Gasteiger partial charge in [0.05, 0.1) is 16.6 Å². The van der Waals surface area contributed by atoms with Crippen LogP contribution in [0.4, 0.5) is 4.39 Å². The third-order valence-electron chi connectivity index (χ3n) is 4.09. The number of pyridine rings is 1. The van der Waals surface area contributed by atoms with Crippen molar-refractivity contribution < 1.29 is 9.13 Å². The first-order chi connectivity index (χ1) is 13.1. The minimum Gasteiger partial charge on any atom is -0.487 e. The summed E-state index contributed by atoms with van der Waals surface area (Å²) in [5.41, 5.74) is 0.0188. The van der Waals surface area contributed by atoms with Gasteiger partial charge in [-0.15, -0.1) is 0 Å². The lowest BCUT2D eigenvalue weighted by molar-refractivity contribution is 0.294. The molecule has 0 aliphatic carbocycles. The maximum absolute atomic E-state index is 13.7. The van der Waals surface area contributed by atoms with Crippen LogP contribution in [0.5, 0.6) is 5.75 Å². The Balaban J connectivity index is 1.71. The fourth-order valence-corrected chi connectivity index (χ4v) is 2.79. The second-order valence-electron chi connectivity index (χ2n) is 5.83. The molecule has 0 aliphatic heterocycles. The topological polar surface area (TPSA) is 77.0 Å². The fraction of sp³-hybridized carbons (Fsp3) is 0.0500. The van der Waals surface area contributed by atoms with Crippen LogP contribution in [-0.4, -0.2) is 14.5 Å². The molecule has 0 amide bonds. The fourth-order valence-electron chi connectivity index (χ4n) is 2.79. The predicted molar refractivity (Wildman–Crippen MR) is 98.7 cm³/mol. The molecule has 134 valence electrons. The number of fused-ring (bicyclic) bond motifs is 1. The summed E-state index contributed by atoms with van der Waals surface area (Å²) < 4.78 is 20.3. The van der Waals surface area contributed by atoms with Crippen LogP contribution in [0, 0.1) is 5.82 Å². The number of H-pyrrole nitrogens is 1. The van der Waals surface area contributed by atoms with Crippen molar-refractivity contribution >= 4 is 10.9 Å². The van der Waals surface area contributed by atoms with Gasteiger partial charge in [0.1, 0.15) is 23.9 Å². The third-order valence-corrected chi connectivity index (χ3v) is 4.09. The Kier molecular flexibility index (Phi) is 4.25. The maximum Gasteiger partial charge on any atom is 0.333 e. The van der Waals surface area contributed by atoms with Crippen LogP contribution in [-0.2, 0) is 6.61 Å². The Hall–Kier alpha value is -3.74. The molecule has 0 spiro atoms. The first-order valence-electron chi connectivity index (χ1n) is 8.20. The molecule has 0 fully saturated rings. The number of ether oxygens (including phenoxy) is 1. The van der Waals surface area contributed by atoms with E-state index in [0.29, 0.717) is 22.3 Å². The molecule has 2 heterocycles. The second kappa shape index (κ2) is 6.87. The highest BCUT2D eigenvalue weighted by molar-refractivity contribution is 5.77. The van der Waals surface area contributed by atoms with Crippen molar-refractivity contribution in [2.75, 3.05) is 0 Å². The van der Waals surface area contributed by atoms with E-state index in [2.05, 4.69) is 9.97 Å². The summed E-state index contributed by atoms with van der Waals surface area (Å²) in [5, 5.41) is 0.402. The monoisotopic (exact) mass is 363 g/mol. The first kappa shape index (κ1) is 16.7. The average molecular weight is 363 g/mol. The van der Waals surface area contributed by atoms with Crippen molar-refractivity contribution in [1.82, 2.24) is 14.5 Å². The largest absolute Gasteiger partial charge is 0.487 e. The molecule has 0 bridgehead atoms. The lowest BCUT2D eigenvalue weighted by Gasteiger charge is -2.10. The van der Waals surface area contributed by atoms with Gasteiger partial charge in [-0.1, -0.05) is 18.2 Å². The summed E-state index contributed by atoms with van der Waals surface area (Å²) in [6.45, 7) is -0.0703. The van der Waals surface area contributed by atoms with Gasteiger partial charge in [-0.05, 0) is 36.4 Å². The average Bonchev–Trinajstić information content (AvgIpc) is 2.68. The van der Waals surface area contributed by atoms with E-state index in [4.69, 9.17) is 4.74 Å². The molecular formula is C20H14FN3O3. The highest BCUT2D eigenvalue weighted by atomic mass is 19.1. The van der Waals surface area contributed by atoms with E-state index in [1.807, 2.05) is 0 Å². The van der Waals surface area contributed by atoms with E-state index >= 15 is 0 Å². The lowest BCUT2D eigenvalue weighted by Crippen LogP contribution is -2.33. The number of aromatic nitrogens is 3. The van der Waals surface area contributed by atoms with Gasteiger partial charge in [0.15, 0.2) is 0 Å². The molecule has 27 heavy (non-hydrogen) atoms. The maximum atomic E-state index is 13.7. The van der Waals surface area contributed by atoms with Crippen molar-refractivity contribution in [3.8, 4) is 11.4 Å². The minimum atomic E-state index is -0.549. The van der Waals surface area contributed by atoms with E-state index in [1.165, 1.54) is 18.3 Å². The van der Waals surface area contributed by atoms with Crippen LogP contribution in [0.25, 0.3) is 16.6 Å². The molecule has 0 saturated carbocycles. The van der Waals surface area contributed by atoms with Gasteiger partial charge in [0.25, 0.3) is 5.56 Å². The molecule has 7 heteroatoms. The second-order valence-corrected chi connectivity index (χ2v) is 5.83. The van der Waals surface area contributed by atoms with Crippen molar-refractivity contribution in [2.24, 2.45) is 0 Å². The molecule has 0 atom stereocenters. The number of hydrogen-bond acceptors (Lipinski definition) is 4. The predicted octanol–water partition coefficient (Wildman–Crippen LogP) is 2.79. The molecule has 2 aromatic carbocycles. The normalized spacial score (nSPS) is 10.9. The zero-order chi connectivity index (χ0) is 18.8. The van der Waals surface area contributed by atoms with Crippen LogP contribution in [0.1, 0.15) is 5.69 Å². The number of rotatable bonds is 4. The smallest absolute Gasteiger partial charge is 0.333 e. The van der Waals surface area contributed by atoms with Crippen molar-refractivity contribution in [3.63, 3.8) is 0 Å². The molecule has 4 aromatic rings. The van der Waals surface area contributed by atoms with E-state index < -0.39 is 17.1 Å². The van der Waals surface area contributed by atoms with Crippen LogP contribution >= 0.6 is 0 Å². The summed E-state index contributed by atoms with van der Waals surface area (Å²) in [6, 6.07) is 16.1. The molecule has 4 rings (SSSR count). The standard InChI is InChI=1S/C20H14FN3O3/c21-16-8-4-10-22-18(16)12-27-14-6-3-5-13(11-14)24-19(25)15-7-1-2-9-17(15)23-20(24)26/h1-11H,12H2,(H,23,26). The van der Waals surface area contributed by atoms with Crippen molar-refractivity contribution in [1.29, 1.82) is 0 Å². The summed E-state index contributed by atoms with van der Waals surface area (Å²) >= 11 is 0. The molecule has 2 aromatic heterocycles. The third kappa shape index (κ3) is 3.22. The molecular weight excluding hydrogens is 349 g/mol. The van der Waals surface area contributed by atoms with Crippen molar-refractivity contribution in [3.05, 3.63) is 99.2 Å². The number of hydrogen-bond donors (Lipinski definition) is 1. The van der Waals surface area contributed by atoms with Crippen molar-refractivity contribution in [2.45, 2.75) is 6.61 Å². The van der Waals surface area contributed by atoms with E-state index in [9.17, 15) is 14.0 Å². The number of para-hydroxylation sites is 1. The highest BCUT2D eigenvalue weighted by Gasteiger charge is 2.10. The van der Waals surface area contributed by atoms with Crippen LogP contribution in [0.2, 0.25) is 0 Å². The molecule has 0 radical (unpaired) electrons. The zero-order valence-electron chi connectivity index (χ0n) is 14.1. The van der Waals surface area contributed by atoms with Gasteiger partial charge in [0, 0.05) is 12.3 Å². The summed E-state index contributed by atoms with van der Waals surface area (Å²) in [7, 11) is 0. The lowest BCUT2D eigenvalue weighted by atomic mass is 10.2. The summed E-state index contributed by atoms with van der Waals surface area (Å²) in [6.07, 6.45) is 1.48. The van der Waals surface area contributed by atoms with E-state index in [-0.39, 0.29) is 12.3 Å². The molecule has 0 unspecified atom stereocenters. The zero-order valence-corrected chi connectivity index (χ0v) is 14.1. The van der Waals surface area contributed by atoms with Crippen LogP contribution < -0.4 is 16.0 Å². The quantitative estimate of drug-likeness (QED) is 0.605. The minimum absolute atomic E-state index is 0.0703. The summed E-state index contributed by atoms with van der Waals surface area (Å²) in [4.78, 5) is 31.7. The van der Waals surface area contributed by atoms with Gasteiger partial charge in [-0.25, -0.2) is 13.8 Å². The summed E-state index contributed by atoms with van der Waals surface area (Å²) in [5.74, 6) is -0.0761. The van der Waals surface area contributed by atoms with Gasteiger partial charge in [-0.2, -0.15) is 0 Å². The van der Waals surface area contributed by atoms with Crippen LogP contribution in [0.15, 0.2) is 76.4 Å². The van der Waals surface area contributed by atoms with Gasteiger partial charge < -0.3 is 9.72 Å². The Bertz CT molecular complexity index is 1250. The van der Waals surface area contributed by atoms with Gasteiger partial charge in [-0.3, -0.25) is 9.78 Å². The van der Waals surface area contributed by atoms with Gasteiger partial charge in [0.2, 0.25) is 0 Å². The molecule has 0 saturated heterocycles. The Morgan fingerprint density at radius 2 is 1.89 bits per heavy atom. The Morgan fingerprint density at radius 3 is 2.74 bits per heavy atom. The highest BCUT2D eigenvalue weighted by Crippen LogP contribution is 2.17. The number of nitrogens with one attached hydrogen (secondary N) is 1. The number of aromatic amines is 1.